The molecule has 0 unspecified atom stereocenters. The zero-order chi connectivity index (χ0) is 23.2. The van der Waals surface area contributed by atoms with Crippen LogP contribution in [0.2, 0.25) is 10.0 Å². The van der Waals surface area contributed by atoms with Crippen molar-refractivity contribution in [2.45, 2.75) is 20.3 Å². The minimum absolute atomic E-state index is 0.0749. The van der Waals surface area contributed by atoms with E-state index in [1.165, 1.54) is 12.1 Å². The minimum Gasteiger partial charge on any atom is -0.478 e. The van der Waals surface area contributed by atoms with Crippen LogP contribution in [0.3, 0.4) is 0 Å². The molecule has 4 nitrogen and oxygen atoms in total. The fourth-order valence-corrected chi connectivity index (χ4v) is 4.72. The summed E-state index contributed by atoms with van der Waals surface area (Å²) in [5.41, 5.74) is 2.43. The lowest BCUT2D eigenvalue weighted by Gasteiger charge is -2.11. The molecule has 162 valence electrons. The predicted octanol–water partition coefficient (Wildman–Crippen LogP) is 6.85. The molecule has 0 saturated heterocycles. The standard InChI is InChI=1S/C25H18Cl2FNO3/c1-3-14-15(25(31)32)10-11-16(22(14)28)20-13(2)23(29-12-5-4-9-19(20)29)24(30)21-17(26)7-6-8-18(21)27/h4-12H,3H2,1-2H3,(H,31,32). The van der Waals surface area contributed by atoms with Crippen LogP contribution < -0.4 is 0 Å². The molecule has 0 fully saturated rings. The van der Waals surface area contributed by atoms with Crippen molar-refractivity contribution in [2.75, 3.05) is 0 Å². The van der Waals surface area contributed by atoms with E-state index in [0.717, 1.165) is 0 Å². The summed E-state index contributed by atoms with van der Waals surface area (Å²) in [6.45, 7) is 3.43. The van der Waals surface area contributed by atoms with Crippen LogP contribution in [0.4, 0.5) is 4.39 Å². The predicted molar refractivity (Wildman–Crippen MR) is 124 cm³/mol. The van der Waals surface area contributed by atoms with E-state index in [1.807, 2.05) is 0 Å². The number of ketones is 1. The molecular weight excluding hydrogens is 452 g/mol. The van der Waals surface area contributed by atoms with Crippen LogP contribution >= 0.6 is 23.2 Å². The normalized spacial score (nSPS) is 11.2. The van der Waals surface area contributed by atoms with Gasteiger partial charge < -0.3 is 9.51 Å². The van der Waals surface area contributed by atoms with E-state index in [0.29, 0.717) is 22.3 Å². The summed E-state index contributed by atoms with van der Waals surface area (Å²) in [6.07, 6.45) is 1.93. The van der Waals surface area contributed by atoms with Gasteiger partial charge in [0, 0.05) is 22.9 Å². The highest BCUT2D eigenvalue weighted by Crippen LogP contribution is 2.38. The van der Waals surface area contributed by atoms with Crippen molar-refractivity contribution < 1.29 is 19.1 Å². The maximum atomic E-state index is 15.5. The van der Waals surface area contributed by atoms with Crippen molar-refractivity contribution in [1.82, 2.24) is 4.40 Å². The highest BCUT2D eigenvalue weighted by molar-refractivity contribution is 6.41. The molecule has 0 atom stereocenters. The molecular formula is C25H18Cl2FNO3. The Balaban J connectivity index is 2.04. The molecule has 4 rings (SSSR count). The summed E-state index contributed by atoms with van der Waals surface area (Å²) >= 11 is 12.6. The van der Waals surface area contributed by atoms with Crippen LogP contribution in [0.5, 0.6) is 0 Å². The zero-order valence-corrected chi connectivity index (χ0v) is 18.8. The molecule has 2 heterocycles. The fourth-order valence-electron chi connectivity index (χ4n) is 4.15. The minimum atomic E-state index is -1.19. The molecule has 0 aliphatic heterocycles. The van der Waals surface area contributed by atoms with Gasteiger partial charge in [-0.2, -0.15) is 0 Å². The summed E-state index contributed by atoms with van der Waals surface area (Å²) in [5.74, 6) is -2.18. The first-order valence-corrected chi connectivity index (χ1v) is 10.7. The van der Waals surface area contributed by atoms with Gasteiger partial charge in [-0.1, -0.05) is 48.3 Å². The Bertz CT molecular complexity index is 1390. The summed E-state index contributed by atoms with van der Waals surface area (Å²) < 4.78 is 17.2. The number of fused-ring (bicyclic) bond motifs is 1. The number of carbonyl (C=O) groups is 2. The third-order valence-electron chi connectivity index (χ3n) is 5.59. The van der Waals surface area contributed by atoms with Crippen LogP contribution in [-0.2, 0) is 6.42 Å². The molecule has 0 aliphatic carbocycles. The molecule has 2 aromatic heterocycles. The summed E-state index contributed by atoms with van der Waals surface area (Å²) in [4.78, 5) is 25.1. The van der Waals surface area contributed by atoms with E-state index in [9.17, 15) is 14.7 Å². The van der Waals surface area contributed by atoms with E-state index in [1.54, 1.807) is 60.8 Å². The largest absolute Gasteiger partial charge is 0.478 e. The van der Waals surface area contributed by atoms with Gasteiger partial charge in [0.25, 0.3) is 0 Å². The van der Waals surface area contributed by atoms with Crippen LogP contribution in [0, 0.1) is 12.7 Å². The number of rotatable bonds is 5. The Labute approximate surface area is 193 Å². The Kier molecular flexibility index (Phi) is 5.80. The van der Waals surface area contributed by atoms with Gasteiger partial charge in [-0.15, -0.1) is 0 Å². The highest BCUT2D eigenvalue weighted by Gasteiger charge is 2.27. The fraction of sp³-hybridized carbons (Fsp3) is 0.120. The number of benzene rings is 2. The smallest absolute Gasteiger partial charge is 0.336 e. The quantitative estimate of drug-likeness (QED) is 0.325. The van der Waals surface area contributed by atoms with Gasteiger partial charge in [0.15, 0.2) is 0 Å². The van der Waals surface area contributed by atoms with Gasteiger partial charge in [-0.05, 0) is 49.2 Å². The molecule has 0 aliphatic rings. The molecule has 1 N–H and O–H groups in total. The molecule has 4 aromatic rings. The van der Waals surface area contributed by atoms with Crippen LogP contribution in [-0.4, -0.2) is 21.3 Å². The second-order valence-electron chi connectivity index (χ2n) is 7.34. The third kappa shape index (κ3) is 3.38. The van der Waals surface area contributed by atoms with Crippen molar-refractivity contribution in [2.24, 2.45) is 0 Å². The number of carboxylic acids is 1. The van der Waals surface area contributed by atoms with E-state index in [4.69, 9.17) is 23.2 Å². The Morgan fingerprint density at radius 2 is 1.72 bits per heavy atom. The highest BCUT2D eigenvalue weighted by atomic mass is 35.5. The lowest BCUT2D eigenvalue weighted by molar-refractivity contribution is 0.0695. The number of aromatic carboxylic acids is 1. The van der Waals surface area contributed by atoms with Gasteiger partial charge in [0.05, 0.1) is 32.4 Å². The van der Waals surface area contributed by atoms with Gasteiger partial charge in [0.2, 0.25) is 5.78 Å². The number of halogens is 3. The first kappa shape index (κ1) is 22.1. The molecule has 0 bridgehead atoms. The van der Waals surface area contributed by atoms with E-state index in [-0.39, 0.29) is 44.5 Å². The van der Waals surface area contributed by atoms with Gasteiger partial charge in [-0.3, -0.25) is 4.79 Å². The van der Waals surface area contributed by atoms with Crippen molar-refractivity contribution in [1.29, 1.82) is 0 Å². The number of hydrogen-bond donors (Lipinski definition) is 1. The lowest BCUT2D eigenvalue weighted by Crippen LogP contribution is -2.08. The monoisotopic (exact) mass is 469 g/mol. The van der Waals surface area contributed by atoms with Crippen molar-refractivity contribution in [3.63, 3.8) is 0 Å². The number of pyridine rings is 1. The van der Waals surface area contributed by atoms with Gasteiger partial charge in [0.1, 0.15) is 5.82 Å². The van der Waals surface area contributed by atoms with Crippen LogP contribution in [0.15, 0.2) is 54.7 Å². The number of carbonyl (C=O) groups excluding carboxylic acids is 1. The topological polar surface area (TPSA) is 58.8 Å². The molecule has 0 saturated carbocycles. The Morgan fingerprint density at radius 1 is 1.03 bits per heavy atom. The first-order chi connectivity index (χ1) is 15.3. The molecule has 0 radical (unpaired) electrons. The summed E-state index contributed by atoms with van der Waals surface area (Å²) in [5, 5.41) is 9.87. The van der Waals surface area contributed by atoms with Crippen LogP contribution in [0.1, 0.15) is 44.5 Å². The third-order valence-corrected chi connectivity index (χ3v) is 6.22. The molecule has 32 heavy (non-hydrogen) atoms. The second kappa shape index (κ2) is 8.41. The number of hydrogen-bond acceptors (Lipinski definition) is 2. The van der Waals surface area contributed by atoms with Crippen molar-refractivity contribution >= 4 is 40.5 Å². The maximum Gasteiger partial charge on any atom is 0.336 e. The number of carboxylic acid groups (broad SMARTS) is 1. The molecule has 7 heteroatoms. The molecule has 0 spiro atoms. The maximum absolute atomic E-state index is 15.5. The first-order valence-electron chi connectivity index (χ1n) is 9.91. The van der Waals surface area contributed by atoms with E-state index >= 15 is 4.39 Å². The second-order valence-corrected chi connectivity index (χ2v) is 8.16. The summed E-state index contributed by atoms with van der Waals surface area (Å²) in [6, 6.07) is 13.0. The Hall–Kier alpha value is -3.15. The number of aromatic nitrogens is 1. The lowest BCUT2D eigenvalue weighted by atomic mass is 9.94. The van der Waals surface area contributed by atoms with Gasteiger partial charge in [-0.25, -0.2) is 9.18 Å². The van der Waals surface area contributed by atoms with E-state index in [2.05, 4.69) is 0 Å². The zero-order valence-electron chi connectivity index (χ0n) is 17.2. The molecule has 0 amide bonds. The summed E-state index contributed by atoms with van der Waals surface area (Å²) in [7, 11) is 0. The molecule has 2 aromatic carbocycles. The van der Waals surface area contributed by atoms with E-state index < -0.39 is 11.8 Å². The van der Waals surface area contributed by atoms with Gasteiger partial charge >= 0.3 is 5.97 Å². The van der Waals surface area contributed by atoms with Crippen molar-refractivity contribution in [3.8, 4) is 11.1 Å². The number of nitrogens with zero attached hydrogens (tertiary/aromatic N) is 1. The van der Waals surface area contributed by atoms with Crippen molar-refractivity contribution in [3.05, 3.63) is 98.5 Å². The average molecular weight is 470 g/mol. The average Bonchev–Trinajstić information content (AvgIpc) is 3.04. The SMILES string of the molecule is CCc1c(C(=O)O)ccc(-c2c(C)c(C(=O)c3c(Cl)cccc3Cl)n3ccccc23)c1F. The Morgan fingerprint density at radius 3 is 2.34 bits per heavy atom. The van der Waals surface area contributed by atoms with Crippen LogP contribution in [0.25, 0.3) is 16.6 Å².